The summed E-state index contributed by atoms with van der Waals surface area (Å²) in [6, 6.07) is 3.78. The number of halogens is 1. The predicted molar refractivity (Wildman–Crippen MR) is 69.8 cm³/mol. The molecular formula is C12H16BrN3O. The molecule has 2 aromatic rings. The average Bonchev–Trinajstić information content (AvgIpc) is 2.83. The summed E-state index contributed by atoms with van der Waals surface area (Å²) in [6.45, 7) is 6.05. The maximum Gasteiger partial charge on any atom is 0.127 e. The Kier molecular flexibility index (Phi) is 3.40. The van der Waals surface area contributed by atoms with Gasteiger partial charge >= 0.3 is 0 Å². The maximum absolute atomic E-state index is 6.23. The van der Waals surface area contributed by atoms with Crippen LogP contribution in [0.1, 0.15) is 43.1 Å². The second-order valence-corrected chi connectivity index (χ2v) is 5.20. The second-order valence-electron chi connectivity index (χ2n) is 4.34. The van der Waals surface area contributed by atoms with E-state index in [0.29, 0.717) is 0 Å². The monoisotopic (exact) mass is 297 g/mol. The van der Waals surface area contributed by atoms with Crippen LogP contribution in [0.4, 0.5) is 0 Å². The van der Waals surface area contributed by atoms with Crippen molar-refractivity contribution in [1.29, 1.82) is 0 Å². The Labute approximate surface area is 109 Å². The second kappa shape index (κ2) is 4.66. The minimum atomic E-state index is -0.303. The molecular weight excluding hydrogens is 282 g/mol. The molecule has 2 aromatic heterocycles. The maximum atomic E-state index is 6.23. The summed E-state index contributed by atoms with van der Waals surface area (Å²) < 4.78 is 8.39. The standard InChI is InChI=1S/C12H16BrN3O/c1-7(2)16-12(9(13)6-15-16)11(14)10-5-4-8(3)17-10/h4-7,11H,14H2,1-3H3. The van der Waals surface area contributed by atoms with Crippen molar-refractivity contribution in [3.05, 3.63) is 40.0 Å². The number of hydrogen-bond donors (Lipinski definition) is 1. The van der Waals surface area contributed by atoms with Gasteiger partial charge in [-0.05, 0) is 48.8 Å². The summed E-state index contributed by atoms with van der Waals surface area (Å²) in [6.07, 6.45) is 1.77. The molecule has 0 fully saturated rings. The third kappa shape index (κ3) is 2.30. The molecule has 0 aromatic carbocycles. The Balaban J connectivity index is 2.43. The van der Waals surface area contributed by atoms with Crippen molar-refractivity contribution in [2.75, 3.05) is 0 Å². The molecule has 0 saturated heterocycles. The Morgan fingerprint density at radius 1 is 1.41 bits per heavy atom. The van der Waals surface area contributed by atoms with Crippen molar-refractivity contribution in [3.8, 4) is 0 Å². The Morgan fingerprint density at radius 2 is 2.12 bits per heavy atom. The Hall–Kier alpha value is -1.07. The highest BCUT2D eigenvalue weighted by Gasteiger charge is 2.21. The molecule has 2 rings (SSSR count). The van der Waals surface area contributed by atoms with E-state index in [9.17, 15) is 0 Å². The molecule has 0 saturated carbocycles. The van der Waals surface area contributed by atoms with Crippen LogP contribution in [0.15, 0.2) is 27.2 Å². The Morgan fingerprint density at radius 3 is 2.65 bits per heavy atom. The minimum absolute atomic E-state index is 0.262. The quantitative estimate of drug-likeness (QED) is 0.947. The molecule has 0 aliphatic rings. The SMILES string of the molecule is Cc1ccc(C(N)c2c(Br)cnn2C(C)C)o1. The number of nitrogens with two attached hydrogens (primary N) is 1. The van der Waals surface area contributed by atoms with Gasteiger partial charge in [-0.15, -0.1) is 0 Å². The van der Waals surface area contributed by atoms with Crippen LogP contribution in [0.5, 0.6) is 0 Å². The predicted octanol–water partition coefficient (Wildman–Crippen LogP) is 3.18. The highest BCUT2D eigenvalue weighted by atomic mass is 79.9. The van der Waals surface area contributed by atoms with Crippen molar-refractivity contribution in [2.45, 2.75) is 32.9 Å². The summed E-state index contributed by atoms with van der Waals surface area (Å²) in [4.78, 5) is 0. The van der Waals surface area contributed by atoms with E-state index < -0.39 is 0 Å². The molecule has 0 radical (unpaired) electrons. The van der Waals surface area contributed by atoms with Crippen molar-refractivity contribution in [3.63, 3.8) is 0 Å². The van der Waals surface area contributed by atoms with Crippen LogP contribution in [0.25, 0.3) is 0 Å². The fourth-order valence-electron chi connectivity index (χ4n) is 1.81. The molecule has 0 aliphatic heterocycles. The third-order valence-electron chi connectivity index (χ3n) is 2.64. The lowest BCUT2D eigenvalue weighted by molar-refractivity contribution is 0.438. The Bertz CT molecular complexity index is 516. The summed E-state index contributed by atoms with van der Waals surface area (Å²) in [5.74, 6) is 1.62. The lowest BCUT2D eigenvalue weighted by Gasteiger charge is -2.15. The van der Waals surface area contributed by atoms with Crippen molar-refractivity contribution in [2.24, 2.45) is 5.73 Å². The number of hydrogen-bond acceptors (Lipinski definition) is 3. The van der Waals surface area contributed by atoms with Gasteiger partial charge < -0.3 is 10.2 Å². The molecule has 4 nitrogen and oxygen atoms in total. The summed E-state index contributed by atoms with van der Waals surface area (Å²) in [5, 5.41) is 4.32. The highest BCUT2D eigenvalue weighted by molar-refractivity contribution is 9.10. The first-order valence-corrected chi connectivity index (χ1v) is 6.34. The first kappa shape index (κ1) is 12.4. The first-order chi connectivity index (χ1) is 8.00. The van der Waals surface area contributed by atoms with E-state index in [4.69, 9.17) is 10.2 Å². The normalized spacial score (nSPS) is 13.3. The molecule has 1 unspecified atom stereocenters. The molecule has 2 heterocycles. The van der Waals surface area contributed by atoms with Crippen LogP contribution in [0.3, 0.4) is 0 Å². The number of aryl methyl sites for hydroxylation is 1. The van der Waals surface area contributed by atoms with Crippen molar-refractivity contribution in [1.82, 2.24) is 9.78 Å². The molecule has 0 aliphatic carbocycles. The number of aromatic nitrogens is 2. The topological polar surface area (TPSA) is 57.0 Å². The zero-order valence-corrected chi connectivity index (χ0v) is 11.7. The van der Waals surface area contributed by atoms with Gasteiger partial charge in [0.15, 0.2) is 0 Å². The molecule has 0 spiro atoms. The molecule has 92 valence electrons. The first-order valence-electron chi connectivity index (χ1n) is 5.55. The van der Waals surface area contributed by atoms with Crippen LogP contribution >= 0.6 is 15.9 Å². The van der Waals surface area contributed by atoms with Crippen LogP contribution < -0.4 is 5.73 Å². The van der Waals surface area contributed by atoms with E-state index in [2.05, 4.69) is 34.9 Å². The van der Waals surface area contributed by atoms with Crippen LogP contribution in [-0.2, 0) is 0 Å². The van der Waals surface area contributed by atoms with E-state index >= 15 is 0 Å². The van der Waals surface area contributed by atoms with E-state index in [-0.39, 0.29) is 12.1 Å². The molecule has 17 heavy (non-hydrogen) atoms. The van der Waals surface area contributed by atoms with Gasteiger partial charge in [-0.1, -0.05) is 0 Å². The van der Waals surface area contributed by atoms with Crippen LogP contribution in [-0.4, -0.2) is 9.78 Å². The van der Waals surface area contributed by atoms with Crippen LogP contribution in [0, 0.1) is 6.92 Å². The van der Waals surface area contributed by atoms with Gasteiger partial charge in [-0.3, -0.25) is 4.68 Å². The van der Waals surface area contributed by atoms with Gasteiger partial charge in [-0.25, -0.2) is 0 Å². The third-order valence-corrected chi connectivity index (χ3v) is 3.25. The fraction of sp³-hybridized carbons (Fsp3) is 0.417. The minimum Gasteiger partial charge on any atom is -0.464 e. The molecule has 0 bridgehead atoms. The van der Waals surface area contributed by atoms with Gasteiger partial charge in [-0.2, -0.15) is 5.10 Å². The van der Waals surface area contributed by atoms with Crippen LogP contribution in [0.2, 0.25) is 0 Å². The number of nitrogens with zero attached hydrogens (tertiary/aromatic N) is 2. The van der Waals surface area contributed by atoms with E-state index in [1.54, 1.807) is 6.20 Å². The number of rotatable bonds is 3. The van der Waals surface area contributed by atoms with E-state index in [0.717, 1.165) is 21.7 Å². The summed E-state index contributed by atoms with van der Waals surface area (Å²) >= 11 is 3.49. The smallest absolute Gasteiger partial charge is 0.127 e. The number of furan rings is 1. The zero-order valence-electron chi connectivity index (χ0n) is 10.1. The molecule has 1 atom stereocenters. The van der Waals surface area contributed by atoms with Gasteiger partial charge in [0.25, 0.3) is 0 Å². The highest BCUT2D eigenvalue weighted by Crippen LogP contribution is 2.29. The summed E-state index contributed by atoms with van der Waals surface area (Å²) in [5.41, 5.74) is 7.17. The lowest BCUT2D eigenvalue weighted by atomic mass is 10.1. The van der Waals surface area contributed by atoms with E-state index in [1.807, 2.05) is 23.7 Å². The van der Waals surface area contributed by atoms with Gasteiger partial charge in [0.2, 0.25) is 0 Å². The van der Waals surface area contributed by atoms with Gasteiger partial charge in [0, 0.05) is 6.04 Å². The fourth-order valence-corrected chi connectivity index (χ4v) is 2.33. The van der Waals surface area contributed by atoms with Gasteiger partial charge in [0.05, 0.1) is 16.4 Å². The summed E-state index contributed by atoms with van der Waals surface area (Å²) in [7, 11) is 0. The van der Waals surface area contributed by atoms with Gasteiger partial charge in [0.1, 0.15) is 17.6 Å². The molecule has 2 N–H and O–H groups in total. The largest absolute Gasteiger partial charge is 0.464 e. The van der Waals surface area contributed by atoms with Crippen molar-refractivity contribution >= 4 is 15.9 Å². The molecule has 0 amide bonds. The zero-order chi connectivity index (χ0) is 12.6. The lowest BCUT2D eigenvalue weighted by Crippen LogP contribution is -2.18. The van der Waals surface area contributed by atoms with Crippen molar-refractivity contribution < 1.29 is 4.42 Å². The molecule has 5 heteroatoms. The van der Waals surface area contributed by atoms with E-state index in [1.165, 1.54) is 0 Å². The average molecular weight is 298 g/mol.